The number of carbonyl (C=O) groups excluding carboxylic acids is 1. The van der Waals surface area contributed by atoms with Crippen molar-refractivity contribution < 1.29 is 9.21 Å². The standard InChI is InChI=1S/C20H18N2O2/c1-14-11-12-18(24-14)19-21-17-10-6-5-9-16(17)20(23)22(19)13-15-7-3-2-4-8-15/h2-12,19,21H,13H2,1H3. The van der Waals surface area contributed by atoms with Crippen LogP contribution >= 0.6 is 0 Å². The maximum Gasteiger partial charge on any atom is 0.258 e. The molecule has 1 aromatic heterocycles. The van der Waals surface area contributed by atoms with Gasteiger partial charge >= 0.3 is 0 Å². The van der Waals surface area contributed by atoms with Gasteiger partial charge in [0.15, 0.2) is 6.17 Å². The molecule has 120 valence electrons. The molecule has 1 N–H and O–H groups in total. The smallest absolute Gasteiger partial charge is 0.258 e. The molecule has 4 rings (SSSR count). The number of hydrogen-bond acceptors (Lipinski definition) is 3. The number of nitrogens with one attached hydrogen (secondary N) is 1. The van der Waals surface area contributed by atoms with E-state index in [4.69, 9.17) is 4.42 Å². The largest absolute Gasteiger partial charge is 0.462 e. The molecule has 4 heteroatoms. The van der Waals surface area contributed by atoms with Gasteiger partial charge in [-0.2, -0.15) is 0 Å². The van der Waals surface area contributed by atoms with E-state index in [9.17, 15) is 4.79 Å². The van der Waals surface area contributed by atoms with Crippen LogP contribution < -0.4 is 5.32 Å². The van der Waals surface area contributed by atoms with E-state index in [0.29, 0.717) is 12.1 Å². The Morgan fingerprint density at radius 3 is 2.50 bits per heavy atom. The third-order valence-electron chi connectivity index (χ3n) is 4.25. The number of rotatable bonds is 3. The number of fused-ring (bicyclic) bond motifs is 1. The van der Waals surface area contributed by atoms with Gasteiger partial charge in [-0.3, -0.25) is 4.79 Å². The van der Waals surface area contributed by atoms with Crippen molar-refractivity contribution in [2.45, 2.75) is 19.6 Å². The number of anilines is 1. The van der Waals surface area contributed by atoms with Crippen LogP contribution in [0.25, 0.3) is 0 Å². The number of carbonyl (C=O) groups is 1. The third-order valence-corrected chi connectivity index (χ3v) is 4.25. The molecule has 0 fully saturated rings. The fourth-order valence-electron chi connectivity index (χ4n) is 3.06. The van der Waals surface area contributed by atoms with E-state index < -0.39 is 0 Å². The van der Waals surface area contributed by atoms with E-state index in [1.807, 2.05) is 78.6 Å². The van der Waals surface area contributed by atoms with Crippen LogP contribution in [0, 0.1) is 6.92 Å². The Morgan fingerprint density at radius 1 is 1.00 bits per heavy atom. The quantitative estimate of drug-likeness (QED) is 0.780. The molecule has 2 heterocycles. The Hall–Kier alpha value is -3.01. The van der Waals surface area contributed by atoms with Gasteiger partial charge in [0, 0.05) is 12.2 Å². The fraction of sp³-hybridized carbons (Fsp3) is 0.150. The second-order valence-corrected chi connectivity index (χ2v) is 5.96. The van der Waals surface area contributed by atoms with Crippen LogP contribution in [-0.2, 0) is 6.54 Å². The summed E-state index contributed by atoms with van der Waals surface area (Å²) in [5.74, 6) is 1.58. The number of hydrogen-bond donors (Lipinski definition) is 1. The summed E-state index contributed by atoms with van der Waals surface area (Å²) >= 11 is 0. The van der Waals surface area contributed by atoms with Crippen LogP contribution in [-0.4, -0.2) is 10.8 Å². The summed E-state index contributed by atoms with van der Waals surface area (Å²) in [4.78, 5) is 14.9. The molecule has 4 nitrogen and oxygen atoms in total. The van der Waals surface area contributed by atoms with Crippen molar-refractivity contribution >= 4 is 11.6 Å². The van der Waals surface area contributed by atoms with Crippen LogP contribution in [0.2, 0.25) is 0 Å². The van der Waals surface area contributed by atoms with E-state index in [1.165, 1.54) is 0 Å². The molecule has 1 amide bonds. The summed E-state index contributed by atoms with van der Waals surface area (Å²) in [5, 5.41) is 3.44. The van der Waals surface area contributed by atoms with Gasteiger partial charge < -0.3 is 14.6 Å². The molecule has 0 bridgehead atoms. The molecule has 0 saturated carbocycles. The SMILES string of the molecule is Cc1ccc(C2Nc3ccccc3C(=O)N2Cc2ccccc2)o1. The van der Waals surface area contributed by atoms with Gasteiger partial charge in [-0.25, -0.2) is 0 Å². The Morgan fingerprint density at radius 2 is 1.75 bits per heavy atom. The number of para-hydroxylation sites is 1. The molecule has 0 saturated heterocycles. The number of amides is 1. The number of nitrogens with zero attached hydrogens (tertiary/aromatic N) is 1. The first kappa shape index (κ1) is 14.6. The third kappa shape index (κ3) is 2.56. The average molecular weight is 318 g/mol. The first-order valence-corrected chi connectivity index (χ1v) is 7.99. The highest BCUT2D eigenvalue weighted by Crippen LogP contribution is 2.34. The minimum atomic E-state index is -0.318. The highest BCUT2D eigenvalue weighted by Gasteiger charge is 2.34. The first-order valence-electron chi connectivity index (χ1n) is 7.99. The number of aryl methyl sites for hydroxylation is 1. The molecule has 1 aliphatic heterocycles. The Bertz CT molecular complexity index is 870. The lowest BCUT2D eigenvalue weighted by atomic mass is 10.1. The average Bonchev–Trinajstić information content (AvgIpc) is 3.04. The Kier molecular flexibility index (Phi) is 3.58. The molecule has 2 aromatic carbocycles. The molecule has 0 spiro atoms. The van der Waals surface area contributed by atoms with Crippen molar-refractivity contribution in [1.82, 2.24) is 4.90 Å². The van der Waals surface area contributed by atoms with E-state index in [2.05, 4.69) is 5.32 Å². The Labute approximate surface area is 140 Å². The van der Waals surface area contributed by atoms with Gasteiger partial charge in [-0.1, -0.05) is 42.5 Å². The highest BCUT2D eigenvalue weighted by atomic mass is 16.3. The second-order valence-electron chi connectivity index (χ2n) is 5.96. The molecular weight excluding hydrogens is 300 g/mol. The van der Waals surface area contributed by atoms with Gasteiger partial charge in [0.2, 0.25) is 0 Å². The van der Waals surface area contributed by atoms with Gasteiger partial charge in [0.1, 0.15) is 11.5 Å². The monoisotopic (exact) mass is 318 g/mol. The van der Waals surface area contributed by atoms with Crippen LogP contribution in [0.15, 0.2) is 71.1 Å². The molecular formula is C20H18N2O2. The first-order chi connectivity index (χ1) is 11.7. The van der Waals surface area contributed by atoms with Crippen LogP contribution in [0.3, 0.4) is 0 Å². The number of benzene rings is 2. The summed E-state index contributed by atoms with van der Waals surface area (Å²) in [7, 11) is 0. The summed E-state index contributed by atoms with van der Waals surface area (Å²) in [5.41, 5.74) is 2.61. The Balaban J connectivity index is 1.75. The lowest BCUT2D eigenvalue weighted by Crippen LogP contribution is -2.42. The van der Waals surface area contributed by atoms with Gasteiger partial charge in [0.25, 0.3) is 5.91 Å². The summed E-state index contributed by atoms with van der Waals surface area (Å²) in [6.07, 6.45) is -0.318. The van der Waals surface area contributed by atoms with Crippen molar-refractivity contribution in [1.29, 1.82) is 0 Å². The van der Waals surface area contributed by atoms with Gasteiger partial charge in [-0.15, -0.1) is 0 Å². The second kappa shape index (κ2) is 5.89. The molecule has 3 aromatic rings. The fourth-order valence-corrected chi connectivity index (χ4v) is 3.06. The van der Waals surface area contributed by atoms with Crippen molar-refractivity contribution in [2.75, 3.05) is 5.32 Å². The molecule has 0 aliphatic carbocycles. The van der Waals surface area contributed by atoms with E-state index in [-0.39, 0.29) is 12.1 Å². The topological polar surface area (TPSA) is 45.5 Å². The lowest BCUT2D eigenvalue weighted by Gasteiger charge is -2.36. The minimum Gasteiger partial charge on any atom is -0.462 e. The van der Waals surface area contributed by atoms with E-state index in [0.717, 1.165) is 22.8 Å². The maximum atomic E-state index is 13.1. The summed E-state index contributed by atoms with van der Waals surface area (Å²) < 4.78 is 5.80. The van der Waals surface area contributed by atoms with Crippen molar-refractivity contribution in [2.24, 2.45) is 0 Å². The summed E-state index contributed by atoms with van der Waals surface area (Å²) in [6, 6.07) is 21.4. The molecule has 24 heavy (non-hydrogen) atoms. The predicted molar refractivity (Wildman–Crippen MR) is 92.6 cm³/mol. The molecule has 0 radical (unpaired) electrons. The zero-order valence-electron chi connectivity index (χ0n) is 13.4. The van der Waals surface area contributed by atoms with Gasteiger partial charge in [-0.05, 0) is 36.8 Å². The number of furan rings is 1. The normalized spacial score (nSPS) is 16.6. The molecule has 1 unspecified atom stereocenters. The van der Waals surface area contributed by atoms with Crippen molar-refractivity contribution in [3.63, 3.8) is 0 Å². The zero-order valence-corrected chi connectivity index (χ0v) is 13.4. The van der Waals surface area contributed by atoms with Gasteiger partial charge in [0.05, 0.1) is 5.56 Å². The molecule has 1 atom stereocenters. The van der Waals surface area contributed by atoms with Crippen LogP contribution in [0.4, 0.5) is 5.69 Å². The lowest BCUT2D eigenvalue weighted by molar-refractivity contribution is 0.0644. The van der Waals surface area contributed by atoms with Crippen molar-refractivity contribution in [3.05, 3.63) is 89.4 Å². The predicted octanol–water partition coefficient (Wildman–Crippen LogP) is 4.35. The molecule has 1 aliphatic rings. The van der Waals surface area contributed by atoms with E-state index >= 15 is 0 Å². The zero-order chi connectivity index (χ0) is 16.5. The highest BCUT2D eigenvalue weighted by molar-refractivity contribution is 6.01. The summed E-state index contributed by atoms with van der Waals surface area (Å²) in [6.45, 7) is 2.43. The minimum absolute atomic E-state index is 0.00672. The van der Waals surface area contributed by atoms with Crippen LogP contribution in [0.1, 0.15) is 33.6 Å². The van der Waals surface area contributed by atoms with E-state index in [1.54, 1.807) is 0 Å². The van der Waals surface area contributed by atoms with Crippen LogP contribution in [0.5, 0.6) is 0 Å². The van der Waals surface area contributed by atoms with Crippen molar-refractivity contribution in [3.8, 4) is 0 Å². The maximum absolute atomic E-state index is 13.1.